The van der Waals surface area contributed by atoms with Gasteiger partial charge in [0.25, 0.3) is 10.0 Å². The molecule has 0 saturated carbocycles. The summed E-state index contributed by atoms with van der Waals surface area (Å²) in [6.45, 7) is 2.71. The summed E-state index contributed by atoms with van der Waals surface area (Å²) < 4.78 is 29.6. The highest BCUT2D eigenvalue weighted by Gasteiger charge is 2.43. The van der Waals surface area contributed by atoms with E-state index in [2.05, 4.69) is 9.88 Å². The van der Waals surface area contributed by atoms with Gasteiger partial charge in [0.15, 0.2) is 0 Å². The third kappa shape index (κ3) is 3.22. The molecule has 4 aromatic rings. The molecule has 0 amide bonds. The van der Waals surface area contributed by atoms with Crippen LogP contribution in [0.15, 0.2) is 78.0 Å². The van der Waals surface area contributed by atoms with Crippen molar-refractivity contribution in [3.05, 3.63) is 95.4 Å². The van der Waals surface area contributed by atoms with Crippen molar-refractivity contribution in [1.29, 1.82) is 0 Å². The number of hydrogen-bond acceptors (Lipinski definition) is 5. The summed E-state index contributed by atoms with van der Waals surface area (Å²) in [5.41, 5.74) is 4.49. The number of rotatable bonds is 3. The van der Waals surface area contributed by atoms with Gasteiger partial charge in [0.2, 0.25) is 0 Å². The minimum absolute atomic E-state index is 0.0871. The van der Waals surface area contributed by atoms with Crippen LogP contribution in [0.3, 0.4) is 0 Å². The molecule has 0 N–H and O–H groups in total. The quantitative estimate of drug-likeness (QED) is 0.437. The zero-order chi connectivity index (χ0) is 23.4. The van der Waals surface area contributed by atoms with Crippen LogP contribution >= 0.6 is 0 Å². The second-order valence-corrected chi connectivity index (χ2v) is 11.0. The highest BCUT2D eigenvalue weighted by atomic mass is 32.2. The Hall–Kier alpha value is -3.29. The first kappa shape index (κ1) is 21.3. The van der Waals surface area contributed by atoms with E-state index in [0.717, 1.165) is 40.7 Å². The largest absolute Gasteiger partial charge is 0.300 e. The number of para-hydroxylation sites is 1. The molecule has 2 atom stereocenters. The molecule has 34 heavy (non-hydrogen) atoms. The molecule has 2 aromatic heterocycles. The number of carbonyl (C=O) groups excluding carboxylic acids is 1. The van der Waals surface area contributed by atoms with E-state index in [1.54, 1.807) is 24.5 Å². The van der Waals surface area contributed by atoms with Crippen molar-refractivity contribution in [1.82, 2.24) is 13.9 Å². The molecule has 0 bridgehead atoms. The van der Waals surface area contributed by atoms with Crippen molar-refractivity contribution in [2.24, 2.45) is 0 Å². The van der Waals surface area contributed by atoms with Crippen LogP contribution in [-0.4, -0.2) is 34.6 Å². The van der Waals surface area contributed by atoms with E-state index >= 15 is 0 Å². The summed E-state index contributed by atoms with van der Waals surface area (Å²) in [4.78, 5) is 19.7. The van der Waals surface area contributed by atoms with Gasteiger partial charge in [-0.25, -0.2) is 12.4 Å². The number of benzene rings is 2. The Balaban J connectivity index is 1.58. The lowest BCUT2D eigenvalue weighted by molar-refractivity contribution is -0.126. The van der Waals surface area contributed by atoms with E-state index in [1.807, 2.05) is 55.5 Å². The van der Waals surface area contributed by atoms with Gasteiger partial charge in [-0.2, -0.15) is 0 Å². The Morgan fingerprint density at radius 1 is 0.912 bits per heavy atom. The molecule has 2 aliphatic rings. The SMILES string of the molecule is Cc1ccc(S(=O)(=O)n2c3c(c4ccccc42)CCN2[C@H](c4ccncc4)CC(=O)C[C@@H]32)cc1. The molecule has 0 unspecified atom stereocenters. The van der Waals surface area contributed by atoms with Crippen molar-refractivity contribution in [2.75, 3.05) is 6.54 Å². The lowest BCUT2D eigenvalue weighted by Crippen LogP contribution is -2.44. The number of piperidine rings is 1. The van der Waals surface area contributed by atoms with Crippen molar-refractivity contribution in [3.8, 4) is 0 Å². The van der Waals surface area contributed by atoms with Gasteiger partial charge in [0, 0.05) is 43.2 Å². The smallest absolute Gasteiger partial charge is 0.268 e. The summed E-state index contributed by atoms with van der Waals surface area (Å²) in [6.07, 6.45) is 4.98. The number of ketones is 1. The van der Waals surface area contributed by atoms with Gasteiger partial charge in [-0.3, -0.25) is 14.7 Å². The fourth-order valence-corrected chi connectivity index (χ4v) is 7.24. The van der Waals surface area contributed by atoms with Gasteiger partial charge in [0.1, 0.15) is 5.78 Å². The maximum absolute atomic E-state index is 14.1. The third-order valence-electron chi connectivity index (χ3n) is 7.20. The molecule has 0 radical (unpaired) electrons. The predicted octanol–water partition coefficient (Wildman–Crippen LogP) is 4.59. The normalized spacial score (nSPS) is 20.8. The monoisotopic (exact) mass is 471 g/mol. The van der Waals surface area contributed by atoms with E-state index in [9.17, 15) is 13.2 Å². The molecule has 1 fully saturated rings. The lowest BCUT2D eigenvalue weighted by Gasteiger charge is -2.45. The molecular weight excluding hydrogens is 446 g/mol. The van der Waals surface area contributed by atoms with Gasteiger partial charge in [0.05, 0.1) is 22.1 Å². The van der Waals surface area contributed by atoms with E-state index in [4.69, 9.17) is 0 Å². The van der Waals surface area contributed by atoms with E-state index in [0.29, 0.717) is 18.4 Å². The van der Waals surface area contributed by atoms with Crippen LogP contribution < -0.4 is 0 Å². The first-order chi connectivity index (χ1) is 16.4. The summed E-state index contributed by atoms with van der Waals surface area (Å²) in [6, 6.07) is 18.2. The van der Waals surface area contributed by atoms with Crippen LogP contribution in [0, 0.1) is 6.92 Å². The van der Waals surface area contributed by atoms with Crippen LogP contribution in [-0.2, 0) is 21.2 Å². The van der Waals surface area contributed by atoms with Gasteiger partial charge in [-0.05, 0) is 54.8 Å². The molecule has 0 aliphatic carbocycles. The Morgan fingerprint density at radius 2 is 1.62 bits per heavy atom. The number of fused-ring (bicyclic) bond motifs is 5. The number of hydrogen-bond donors (Lipinski definition) is 0. The molecule has 1 saturated heterocycles. The first-order valence-electron chi connectivity index (χ1n) is 11.6. The second-order valence-electron chi connectivity index (χ2n) is 9.21. The zero-order valence-electron chi connectivity index (χ0n) is 18.9. The maximum Gasteiger partial charge on any atom is 0.268 e. The Bertz CT molecular complexity index is 1510. The van der Waals surface area contributed by atoms with Gasteiger partial charge < -0.3 is 0 Å². The number of aryl methyl sites for hydroxylation is 1. The highest BCUT2D eigenvalue weighted by Crippen LogP contribution is 2.47. The molecule has 7 heteroatoms. The molecule has 2 aliphatic heterocycles. The van der Waals surface area contributed by atoms with E-state index < -0.39 is 10.0 Å². The van der Waals surface area contributed by atoms with Crippen LogP contribution in [0.25, 0.3) is 10.9 Å². The molecule has 6 nitrogen and oxygen atoms in total. The maximum atomic E-state index is 14.1. The average molecular weight is 472 g/mol. The van der Waals surface area contributed by atoms with Crippen LogP contribution in [0.4, 0.5) is 0 Å². The Morgan fingerprint density at radius 3 is 2.38 bits per heavy atom. The first-order valence-corrected chi connectivity index (χ1v) is 13.0. The van der Waals surface area contributed by atoms with Crippen molar-refractivity contribution < 1.29 is 13.2 Å². The number of nitrogens with zero attached hydrogens (tertiary/aromatic N) is 3. The van der Waals surface area contributed by atoms with Crippen molar-refractivity contribution >= 4 is 26.7 Å². The molecule has 4 heterocycles. The standard InChI is InChI=1S/C27H25N3O3S/c1-18-6-8-21(9-7-18)34(32,33)30-24-5-3-2-4-22(24)23-12-15-29-25(19-10-13-28-14-11-19)16-20(31)17-26(29)27(23)30/h2-11,13-14,25-26H,12,15-17H2,1H3/t25-,26-/m0/s1. The topological polar surface area (TPSA) is 72.3 Å². The fraction of sp³-hybridized carbons (Fsp3) is 0.259. The van der Waals surface area contributed by atoms with Crippen LogP contribution in [0.1, 0.15) is 47.3 Å². The Kier molecular flexibility index (Phi) is 4.93. The molecule has 2 aromatic carbocycles. The zero-order valence-corrected chi connectivity index (χ0v) is 19.7. The minimum Gasteiger partial charge on any atom is -0.300 e. The summed E-state index contributed by atoms with van der Waals surface area (Å²) in [5.74, 6) is 0.153. The van der Waals surface area contributed by atoms with Crippen LogP contribution in [0.2, 0.25) is 0 Å². The summed E-state index contributed by atoms with van der Waals surface area (Å²) in [5, 5.41) is 0.950. The minimum atomic E-state index is -3.86. The van der Waals surface area contributed by atoms with Crippen molar-refractivity contribution in [2.45, 2.75) is 43.2 Å². The molecule has 6 rings (SSSR count). The van der Waals surface area contributed by atoms with Gasteiger partial charge >= 0.3 is 0 Å². The number of aromatic nitrogens is 2. The number of Topliss-reactive ketones (excluding diaryl/α,β-unsaturated/α-hetero) is 1. The van der Waals surface area contributed by atoms with Crippen molar-refractivity contribution in [3.63, 3.8) is 0 Å². The Labute approximate surface area is 198 Å². The molecule has 172 valence electrons. The van der Waals surface area contributed by atoms with Crippen LogP contribution in [0.5, 0.6) is 0 Å². The fourth-order valence-electron chi connectivity index (χ4n) is 5.64. The van der Waals surface area contributed by atoms with E-state index in [1.165, 1.54) is 3.97 Å². The third-order valence-corrected chi connectivity index (χ3v) is 8.95. The predicted molar refractivity (Wildman–Crippen MR) is 130 cm³/mol. The van der Waals surface area contributed by atoms with Gasteiger partial charge in [-0.15, -0.1) is 0 Å². The molecular formula is C27H25N3O3S. The highest BCUT2D eigenvalue weighted by molar-refractivity contribution is 7.90. The summed E-state index contributed by atoms with van der Waals surface area (Å²) >= 11 is 0. The number of carbonyl (C=O) groups is 1. The summed E-state index contributed by atoms with van der Waals surface area (Å²) in [7, 11) is -3.86. The average Bonchev–Trinajstić information content (AvgIpc) is 3.20. The molecule has 0 spiro atoms. The lowest BCUT2D eigenvalue weighted by atomic mass is 9.84. The van der Waals surface area contributed by atoms with Gasteiger partial charge in [-0.1, -0.05) is 35.9 Å². The van der Waals surface area contributed by atoms with E-state index in [-0.39, 0.29) is 22.8 Å². The number of pyridine rings is 1. The second kappa shape index (κ2) is 7.89.